The summed E-state index contributed by atoms with van der Waals surface area (Å²) in [6.07, 6.45) is -0.753. The highest BCUT2D eigenvalue weighted by atomic mass is 32.1. The van der Waals surface area contributed by atoms with Crippen molar-refractivity contribution in [2.24, 2.45) is 0 Å². The predicted molar refractivity (Wildman–Crippen MR) is 59.0 cm³/mol. The van der Waals surface area contributed by atoms with Gasteiger partial charge in [-0.1, -0.05) is 0 Å². The molecule has 0 fully saturated rings. The van der Waals surface area contributed by atoms with Crippen LogP contribution in [0.25, 0.3) is 0 Å². The number of thiazole rings is 1. The third kappa shape index (κ3) is 2.77. The lowest BCUT2D eigenvalue weighted by Gasteiger charge is -2.10. The molecule has 5 heteroatoms. The standard InChI is InChI=1S/C11H10FNO2S/c12-8-1-3-9(4-2-8)15-5-11(14)10-6-16-7-13-10/h1-4,6-7,11,14H,5H2. The van der Waals surface area contributed by atoms with Gasteiger partial charge in [0.15, 0.2) is 0 Å². The molecule has 1 aromatic carbocycles. The van der Waals surface area contributed by atoms with Crippen molar-refractivity contribution in [2.45, 2.75) is 6.10 Å². The van der Waals surface area contributed by atoms with Gasteiger partial charge in [-0.3, -0.25) is 0 Å². The van der Waals surface area contributed by atoms with E-state index in [1.54, 1.807) is 10.9 Å². The first kappa shape index (κ1) is 11.0. The Labute approximate surface area is 96.2 Å². The monoisotopic (exact) mass is 239 g/mol. The van der Waals surface area contributed by atoms with Crippen molar-refractivity contribution >= 4 is 11.3 Å². The van der Waals surface area contributed by atoms with Gasteiger partial charge in [-0.15, -0.1) is 11.3 Å². The molecule has 0 radical (unpaired) electrons. The number of benzene rings is 1. The van der Waals surface area contributed by atoms with Crippen LogP contribution in [0.1, 0.15) is 11.8 Å². The first-order chi connectivity index (χ1) is 7.75. The lowest BCUT2D eigenvalue weighted by Crippen LogP contribution is -2.09. The van der Waals surface area contributed by atoms with Crippen LogP contribution in [0.2, 0.25) is 0 Å². The van der Waals surface area contributed by atoms with Gasteiger partial charge in [0.1, 0.15) is 24.3 Å². The van der Waals surface area contributed by atoms with E-state index in [9.17, 15) is 9.50 Å². The van der Waals surface area contributed by atoms with Crippen LogP contribution >= 0.6 is 11.3 Å². The van der Waals surface area contributed by atoms with Crippen LogP contribution in [-0.4, -0.2) is 16.7 Å². The molecular formula is C11H10FNO2S. The molecule has 0 aliphatic rings. The SMILES string of the molecule is OC(COc1ccc(F)cc1)c1cscn1. The Hall–Kier alpha value is -1.46. The Morgan fingerprint density at radius 3 is 2.75 bits per heavy atom. The van der Waals surface area contributed by atoms with Crippen LogP contribution in [0.3, 0.4) is 0 Å². The zero-order valence-corrected chi connectivity index (χ0v) is 9.15. The van der Waals surface area contributed by atoms with Crippen LogP contribution in [-0.2, 0) is 0 Å². The van der Waals surface area contributed by atoms with E-state index in [1.807, 2.05) is 0 Å². The van der Waals surface area contributed by atoms with Gasteiger partial charge in [-0.2, -0.15) is 0 Å². The van der Waals surface area contributed by atoms with Gasteiger partial charge < -0.3 is 9.84 Å². The van der Waals surface area contributed by atoms with E-state index in [2.05, 4.69) is 4.98 Å². The van der Waals surface area contributed by atoms with Crippen LogP contribution in [0.15, 0.2) is 35.2 Å². The second-order valence-corrected chi connectivity index (χ2v) is 3.91. The average molecular weight is 239 g/mol. The number of nitrogens with zero attached hydrogens (tertiary/aromatic N) is 1. The number of rotatable bonds is 4. The predicted octanol–water partition coefficient (Wildman–Crippen LogP) is 2.39. The molecule has 2 rings (SSSR count). The molecule has 0 spiro atoms. The molecule has 0 aliphatic heterocycles. The van der Waals surface area contributed by atoms with Crippen molar-refractivity contribution in [3.63, 3.8) is 0 Å². The zero-order chi connectivity index (χ0) is 11.4. The van der Waals surface area contributed by atoms with Crippen molar-refractivity contribution in [3.05, 3.63) is 46.7 Å². The summed E-state index contributed by atoms with van der Waals surface area (Å²) >= 11 is 1.42. The van der Waals surface area contributed by atoms with Crippen LogP contribution in [0.4, 0.5) is 4.39 Å². The molecule has 3 nitrogen and oxygen atoms in total. The Morgan fingerprint density at radius 2 is 2.12 bits per heavy atom. The van der Waals surface area contributed by atoms with Crippen molar-refractivity contribution in [1.82, 2.24) is 4.98 Å². The maximum absolute atomic E-state index is 12.6. The third-order valence-electron chi connectivity index (χ3n) is 2.01. The number of hydrogen-bond donors (Lipinski definition) is 1. The molecular weight excluding hydrogens is 229 g/mol. The van der Waals surface area contributed by atoms with Crippen molar-refractivity contribution in [3.8, 4) is 5.75 Å². The summed E-state index contributed by atoms with van der Waals surface area (Å²) < 4.78 is 17.9. The van der Waals surface area contributed by atoms with E-state index < -0.39 is 6.10 Å². The zero-order valence-electron chi connectivity index (χ0n) is 8.34. The fourth-order valence-electron chi connectivity index (χ4n) is 1.18. The van der Waals surface area contributed by atoms with Crippen molar-refractivity contribution < 1.29 is 14.2 Å². The van der Waals surface area contributed by atoms with Gasteiger partial charge in [0.2, 0.25) is 0 Å². The number of aliphatic hydroxyl groups is 1. The summed E-state index contributed by atoms with van der Waals surface area (Å²) in [5.41, 5.74) is 2.24. The fourth-order valence-corrected chi connectivity index (χ4v) is 1.78. The highest BCUT2D eigenvalue weighted by Gasteiger charge is 2.10. The summed E-state index contributed by atoms with van der Waals surface area (Å²) in [5, 5.41) is 11.4. The molecule has 0 saturated carbocycles. The van der Waals surface area contributed by atoms with Crippen molar-refractivity contribution in [1.29, 1.82) is 0 Å². The average Bonchev–Trinajstić information content (AvgIpc) is 2.81. The molecule has 1 atom stereocenters. The van der Waals surface area contributed by atoms with Crippen LogP contribution < -0.4 is 4.74 Å². The Kier molecular flexibility index (Phi) is 3.48. The molecule has 16 heavy (non-hydrogen) atoms. The molecule has 0 saturated heterocycles. The van der Waals surface area contributed by atoms with E-state index in [1.165, 1.54) is 35.6 Å². The summed E-state index contributed by atoms with van der Waals surface area (Å²) in [6.45, 7) is 0.107. The molecule has 1 aromatic heterocycles. The maximum Gasteiger partial charge on any atom is 0.131 e. The number of ether oxygens (including phenoxy) is 1. The van der Waals surface area contributed by atoms with Gasteiger partial charge in [-0.25, -0.2) is 9.37 Å². The normalized spacial score (nSPS) is 12.4. The summed E-state index contributed by atoms with van der Waals surface area (Å²) in [7, 11) is 0. The van der Waals surface area contributed by atoms with Gasteiger partial charge in [0.05, 0.1) is 11.2 Å². The molecule has 0 amide bonds. The smallest absolute Gasteiger partial charge is 0.131 e. The Bertz CT molecular complexity index is 430. The van der Waals surface area contributed by atoms with Crippen molar-refractivity contribution in [2.75, 3.05) is 6.61 Å². The lowest BCUT2D eigenvalue weighted by molar-refractivity contribution is 0.105. The summed E-state index contributed by atoms with van der Waals surface area (Å²) in [5.74, 6) is 0.211. The molecule has 0 bridgehead atoms. The minimum absolute atomic E-state index is 0.107. The maximum atomic E-state index is 12.6. The summed E-state index contributed by atoms with van der Waals surface area (Å²) in [4.78, 5) is 3.97. The number of hydrogen-bond acceptors (Lipinski definition) is 4. The van der Waals surface area contributed by atoms with E-state index in [4.69, 9.17) is 4.74 Å². The Morgan fingerprint density at radius 1 is 1.38 bits per heavy atom. The van der Waals surface area contributed by atoms with Gasteiger partial charge in [0.25, 0.3) is 0 Å². The molecule has 1 heterocycles. The van der Waals surface area contributed by atoms with Gasteiger partial charge >= 0.3 is 0 Å². The van der Waals surface area contributed by atoms with Gasteiger partial charge in [0, 0.05) is 5.38 Å². The highest BCUT2D eigenvalue weighted by Crippen LogP contribution is 2.16. The van der Waals surface area contributed by atoms with Crippen LogP contribution in [0.5, 0.6) is 5.75 Å². The number of halogens is 1. The van der Waals surface area contributed by atoms with E-state index in [0.717, 1.165) is 0 Å². The first-order valence-electron chi connectivity index (χ1n) is 4.70. The van der Waals surface area contributed by atoms with E-state index in [0.29, 0.717) is 11.4 Å². The first-order valence-corrected chi connectivity index (χ1v) is 5.64. The number of aromatic nitrogens is 1. The lowest BCUT2D eigenvalue weighted by atomic mass is 10.3. The minimum atomic E-state index is -0.753. The third-order valence-corrected chi connectivity index (χ3v) is 2.62. The molecule has 0 aliphatic carbocycles. The second-order valence-electron chi connectivity index (χ2n) is 3.19. The minimum Gasteiger partial charge on any atom is -0.490 e. The number of aliphatic hydroxyl groups excluding tert-OH is 1. The van der Waals surface area contributed by atoms with E-state index in [-0.39, 0.29) is 12.4 Å². The summed E-state index contributed by atoms with van der Waals surface area (Å²) in [6, 6.07) is 5.65. The molecule has 1 N–H and O–H groups in total. The molecule has 1 unspecified atom stereocenters. The quantitative estimate of drug-likeness (QED) is 0.890. The van der Waals surface area contributed by atoms with E-state index >= 15 is 0 Å². The Balaban J connectivity index is 1.90. The highest BCUT2D eigenvalue weighted by molar-refractivity contribution is 7.07. The molecule has 2 aromatic rings. The molecule has 84 valence electrons. The van der Waals surface area contributed by atoms with Crippen LogP contribution in [0, 0.1) is 5.82 Å². The van der Waals surface area contributed by atoms with Gasteiger partial charge in [-0.05, 0) is 24.3 Å². The largest absolute Gasteiger partial charge is 0.490 e. The second kappa shape index (κ2) is 5.05. The fraction of sp³-hybridized carbons (Fsp3) is 0.182. The topological polar surface area (TPSA) is 42.4 Å².